The predicted octanol–water partition coefficient (Wildman–Crippen LogP) is 10.4. The zero-order chi connectivity index (χ0) is 59.2. The van der Waals surface area contributed by atoms with E-state index in [9.17, 15) is 28.4 Å². The number of fused-ring (bicyclic) bond motifs is 10. The molecule has 4 amide bonds. The third-order valence-corrected chi connectivity index (χ3v) is 17.8. The Balaban J connectivity index is 0.706. The van der Waals surface area contributed by atoms with Crippen LogP contribution in [0.3, 0.4) is 0 Å². The fourth-order valence-corrected chi connectivity index (χ4v) is 12.8. The summed E-state index contributed by atoms with van der Waals surface area (Å²) < 4.78 is 22.9. The molecule has 5 N–H and O–H groups in total. The Morgan fingerprint density at radius 2 is 1.64 bits per heavy atom. The van der Waals surface area contributed by atoms with Gasteiger partial charge in [0.15, 0.2) is 0 Å². The molecule has 84 heavy (non-hydrogen) atoms. The number of rotatable bonds is 21. The number of pyridine rings is 1. The van der Waals surface area contributed by atoms with Gasteiger partial charge in [-0.2, -0.15) is 4.68 Å². The standard InChI is InChI=1S/C66H82FN11O6/c1-41(69-5)62(80)73-59(66(2,3)4)65(83)77-39-45-34-49(29-25-43(45)35-57(77)63(81)72-53-23-15-19-42-18-12-13-22-50(42)53)84-33-14-10-8-7-9-11-20-48(79)21-16-32-78-61(70-6)58-44-36-56(60(68)71-38-44)75-31-17-24-55(75)52-37-46(67)26-30-51(52)64(82)76(47-27-28-47)40-54(58)74-78/h12-13,18,22,25-26,29-30,34,36-38,41,47,53,55,57,59,69H,7-11,14-17,19-21,23-24,27-28,31-33,35,39-40H2,1-5H3,(H2,68,71)(H,72,81)(H,73,80)/t41-,53+,55+,57-,59+/m0/s1. The number of nitrogen functional groups attached to an aromatic ring is 1. The van der Waals surface area contributed by atoms with Gasteiger partial charge in [0.25, 0.3) is 11.7 Å². The Bertz CT molecular complexity index is 3310. The van der Waals surface area contributed by atoms with E-state index in [1.165, 1.54) is 17.7 Å². The van der Waals surface area contributed by atoms with Crippen molar-refractivity contribution in [2.45, 2.75) is 193 Å². The van der Waals surface area contributed by atoms with Crippen LogP contribution in [-0.2, 0) is 51.7 Å². The number of amides is 4. The van der Waals surface area contributed by atoms with Crippen molar-refractivity contribution in [2.24, 2.45) is 5.41 Å². The number of halogens is 1. The van der Waals surface area contributed by atoms with E-state index in [4.69, 9.17) is 22.1 Å². The van der Waals surface area contributed by atoms with E-state index in [-0.39, 0.29) is 60.6 Å². The van der Waals surface area contributed by atoms with Gasteiger partial charge < -0.3 is 46.0 Å². The first-order chi connectivity index (χ1) is 40.5. The van der Waals surface area contributed by atoms with Crippen LogP contribution in [0.1, 0.15) is 180 Å². The molecule has 10 rings (SSSR count). The summed E-state index contributed by atoms with van der Waals surface area (Å²) in [5.74, 6) is 0.144. The van der Waals surface area contributed by atoms with E-state index in [2.05, 4.69) is 42.8 Å². The van der Waals surface area contributed by atoms with Crippen molar-refractivity contribution in [3.63, 3.8) is 0 Å². The topological polar surface area (TPSA) is 201 Å². The van der Waals surface area contributed by atoms with Gasteiger partial charge in [-0.25, -0.2) is 9.37 Å². The summed E-state index contributed by atoms with van der Waals surface area (Å²) in [4.78, 5) is 84.4. The second kappa shape index (κ2) is 26.1. The van der Waals surface area contributed by atoms with Gasteiger partial charge in [-0.3, -0.25) is 24.0 Å². The highest BCUT2D eigenvalue weighted by atomic mass is 19.1. The Kier molecular flexibility index (Phi) is 18.5. The lowest BCUT2D eigenvalue weighted by atomic mass is 9.83. The van der Waals surface area contributed by atoms with Crippen LogP contribution in [0.15, 0.2) is 72.9 Å². The number of ether oxygens (including phenoxy) is 1. The quantitative estimate of drug-likeness (QED) is 0.0402. The minimum absolute atomic E-state index is 0.00792. The summed E-state index contributed by atoms with van der Waals surface area (Å²) in [5.41, 5.74) is 13.8. The molecule has 18 heteroatoms. The number of Topliss-reactive ketones (excluding diaryl/α,β-unsaturated/α-hetero) is 1. The molecule has 1 saturated heterocycles. The number of anilines is 2. The van der Waals surface area contributed by atoms with E-state index < -0.39 is 29.4 Å². The molecule has 2 fully saturated rings. The number of benzene rings is 3. The van der Waals surface area contributed by atoms with Crippen molar-refractivity contribution in [3.8, 4) is 16.9 Å². The van der Waals surface area contributed by atoms with Crippen LogP contribution in [0.2, 0.25) is 0 Å². The summed E-state index contributed by atoms with van der Waals surface area (Å²) in [6.45, 7) is 17.8. The highest BCUT2D eigenvalue weighted by molar-refractivity contribution is 5.97. The van der Waals surface area contributed by atoms with E-state index in [0.29, 0.717) is 96.4 Å². The summed E-state index contributed by atoms with van der Waals surface area (Å²) in [7, 11) is 1.70. The van der Waals surface area contributed by atoms with Crippen molar-refractivity contribution in [1.29, 1.82) is 0 Å². The number of unbranched alkanes of at least 4 members (excludes halogenated alkanes) is 5. The lowest BCUT2D eigenvalue weighted by Crippen LogP contribution is -2.62. The average molecular weight is 1140 g/mol. The molecule has 444 valence electrons. The van der Waals surface area contributed by atoms with Gasteiger partial charge in [0.1, 0.15) is 40.9 Å². The van der Waals surface area contributed by atoms with Gasteiger partial charge in [-0.15, -0.1) is 5.10 Å². The lowest BCUT2D eigenvalue weighted by Gasteiger charge is -2.41. The third-order valence-electron chi connectivity index (χ3n) is 17.8. The Morgan fingerprint density at radius 1 is 0.869 bits per heavy atom. The van der Waals surface area contributed by atoms with Crippen LogP contribution in [-0.4, -0.2) is 98.3 Å². The SMILES string of the molecule is [C-]#[N+]c1c2c(nn1CCCC(=O)CCCCCCCCOc1ccc3c(c1)CN(C(=O)[C@@H](NC(=O)[C@H](C)NC)C(C)(C)C)[C@H](C(=O)N[C@@H]1CCCc4ccccc41)C3)CN(C1CC1)C(=O)c1ccc(F)cc1[C@H]1CCCN1c1cc-2cnc1N. The number of nitrogens with zero attached hydrogens (tertiary/aromatic N) is 7. The van der Waals surface area contributed by atoms with Crippen LogP contribution in [0, 0.1) is 17.8 Å². The fraction of sp³-hybridized carbons (Fsp3) is 0.515. The molecular formula is C66H82FN11O6. The molecule has 5 heterocycles. The van der Waals surface area contributed by atoms with Gasteiger partial charge >= 0.3 is 0 Å². The Hall–Kier alpha value is -7.65. The fourth-order valence-electron chi connectivity index (χ4n) is 12.8. The number of hydrogen-bond donors (Lipinski definition) is 4. The number of ketones is 1. The van der Waals surface area contributed by atoms with E-state index >= 15 is 0 Å². The van der Waals surface area contributed by atoms with E-state index in [1.807, 2.05) is 62.1 Å². The monoisotopic (exact) mass is 1140 g/mol. The normalized spacial score (nSPS) is 19.0. The minimum Gasteiger partial charge on any atom is -0.494 e. The summed E-state index contributed by atoms with van der Waals surface area (Å²) >= 11 is 0. The molecule has 0 unspecified atom stereocenters. The lowest BCUT2D eigenvalue weighted by molar-refractivity contribution is -0.147. The molecule has 0 spiro atoms. The van der Waals surface area contributed by atoms with Crippen LogP contribution < -0.4 is 31.3 Å². The Labute approximate surface area is 493 Å². The van der Waals surface area contributed by atoms with Crippen molar-refractivity contribution in [2.75, 3.05) is 30.8 Å². The van der Waals surface area contributed by atoms with Gasteiger partial charge in [-0.05, 0) is 153 Å². The third kappa shape index (κ3) is 13.3. The number of aromatic nitrogens is 3. The number of carbonyl (C=O) groups is 5. The molecule has 0 radical (unpaired) electrons. The predicted molar refractivity (Wildman–Crippen MR) is 321 cm³/mol. The van der Waals surface area contributed by atoms with Gasteiger partial charge in [0, 0.05) is 55.7 Å². The second-order valence-electron chi connectivity index (χ2n) is 24.8. The zero-order valence-corrected chi connectivity index (χ0v) is 49.5. The van der Waals surface area contributed by atoms with E-state index in [0.717, 1.165) is 100 Å². The van der Waals surface area contributed by atoms with Crippen LogP contribution >= 0.6 is 0 Å². The van der Waals surface area contributed by atoms with Crippen LogP contribution in [0.25, 0.3) is 16.0 Å². The molecule has 2 aromatic heterocycles. The first kappa shape index (κ1) is 59.5. The van der Waals surface area contributed by atoms with Crippen molar-refractivity contribution in [1.82, 2.24) is 40.5 Å². The zero-order valence-electron chi connectivity index (χ0n) is 49.5. The number of likely N-dealkylation sites (N-methyl/N-ethyl adjacent to an activating group) is 1. The van der Waals surface area contributed by atoms with Crippen LogP contribution in [0.4, 0.5) is 21.7 Å². The average Bonchev–Trinajstić information content (AvgIpc) is 3.06. The number of hydrogen-bond acceptors (Lipinski definition) is 11. The highest BCUT2D eigenvalue weighted by Gasteiger charge is 2.44. The van der Waals surface area contributed by atoms with Gasteiger partial charge in [0.05, 0.1) is 43.5 Å². The molecule has 2 aliphatic carbocycles. The molecule has 1 saturated carbocycles. The van der Waals surface area contributed by atoms with Crippen LogP contribution in [0.5, 0.6) is 5.75 Å². The number of nitrogens with two attached hydrogens (primary N) is 1. The van der Waals surface area contributed by atoms with Crippen molar-refractivity contribution < 1.29 is 33.1 Å². The van der Waals surface area contributed by atoms with Gasteiger partial charge in [0.2, 0.25) is 17.7 Å². The van der Waals surface area contributed by atoms with E-state index in [1.54, 1.807) is 35.8 Å². The first-order valence-corrected chi connectivity index (χ1v) is 30.5. The molecule has 3 aromatic carbocycles. The number of aryl methyl sites for hydroxylation is 2. The number of nitrogens with one attached hydrogen (secondary N) is 3. The van der Waals surface area contributed by atoms with Gasteiger partial charge in [-0.1, -0.05) is 83.4 Å². The minimum atomic E-state index is -0.876. The Morgan fingerprint density at radius 3 is 2.42 bits per heavy atom. The molecule has 2 bridgehead atoms. The smallest absolute Gasteiger partial charge is 0.260 e. The molecule has 17 nitrogen and oxygen atoms in total. The highest BCUT2D eigenvalue weighted by Crippen LogP contribution is 2.45. The maximum Gasteiger partial charge on any atom is 0.260 e. The molecule has 5 atom stereocenters. The molecule has 5 aliphatic rings. The summed E-state index contributed by atoms with van der Waals surface area (Å²) in [6, 6.07) is 18.0. The molecule has 5 aromatic rings. The maximum absolute atomic E-state index is 14.9. The molecule has 3 aliphatic heterocycles. The van der Waals surface area contributed by atoms with Crippen molar-refractivity contribution in [3.05, 3.63) is 129 Å². The second-order valence-corrected chi connectivity index (χ2v) is 24.8. The first-order valence-electron chi connectivity index (χ1n) is 30.5. The maximum atomic E-state index is 14.9. The number of carbonyl (C=O) groups excluding carboxylic acids is 5. The van der Waals surface area contributed by atoms with Crippen molar-refractivity contribution >= 4 is 46.7 Å². The summed E-state index contributed by atoms with van der Waals surface area (Å²) in [6.07, 6.45) is 14.9. The largest absolute Gasteiger partial charge is 0.494 e. The molecular weight excluding hydrogens is 1060 g/mol. The summed E-state index contributed by atoms with van der Waals surface area (Å²) in [5, 5.41) is 14.3.